The first kappa shape index (κ1) is 15.6. The van der Waals surface area contributed by atoms with Gasteiger partial charge in [-0.05, 0) is 31.2 Å². The molecule has 1 aromatic rings. The molecule has 0 aliphatic carbocycles. The van der Waals surface area contributed by atoms with Gasteiger partial charge in [-0.15, -0.1) is 0 Å². The number of likely N-dealkylation sites (N-methyl/N-ethyl adjacent to an activating group) is 1. The molecule has 2 amide bonds. The minimum atomic E-state index is -0.199. The summed E-state index contributed by atoms with van der Waals surface area (Å²) in [6.07, 6.45) is 0.339. The second-order valence-electron chi connectivity index (χ2n) is 6.06. The molecule has 6 heteroatoms. The van der Waals surface area contributed by atoms with Gasteiger partial charge in [-0.3, -0.25) is 9.59 Å². The van der Waals surface area contributed by atoms with E-state index in [-0.39, 0.29) is 17.9 Å². The Bertz CT molecular complexity index is 567. The van der Waals surface area contributed by atoms with Crippen LogP contribution in [0.15, 0.2) is 28.7 Å². The number of benzene rings is 1. The van der Waals surface area contributed by atoms with Gasteiger partial charge < -0.3 is 9.80 Å². The predicted molar refractivity (Wildman–Crippen MR) is 87.0 cm³/mol. The van der Waals surface area contributed by atoms with Crippen molar-refractivity contribution in [2.45, 2.75) is 19.4 Å². The van der Waals surface area contributed by atoms with Crippen LogP contribution in [0.5, 0.6) is 0 Å². The van der Waals surface area contributed by atoms with E-state index >= 15 is 0 Å². The standard InChI is InChI=1S/C16H20BrN3O2/c1-2-18-7-9-19(10-8-18)14-11-15(21)20(16(14)22)13-5-3-12(17)4-6-13/h3-6,14H,2,7-11H2,1H3/p+2/t14-/m1/s1. The van der Waals surface area contributed by atoms with E-state index in [4.69, 9.17) is 0 Å². The van der Waals surface area contributed by atoms with Gasteiger partial charge in [0.2, 0.25) is 5.91 Å². The third-order valence-corrected chi connectivity index (χ3v) is 5.35. The number of anilines is 1. The minimum Gasteiger partial charge on any atom is -0.326 e. The Morgan fingerprint density at radius 3 is 2.36 bits per heavy atom. The highest BCUT2D eigenvalue weighted by Crippen LogP contribution is 2.23. The van der Waals surface area contributed by atoms with Gasteiger partial charge in [-0.1, -0.05) is 15.9 Å². The van der Waals surface area contributed by atoms with E-state index in [1.807, 2.05) is 24.3 Å². The fraction of sp³-hybridized carbons (Fsp3) is 0.500. The van der Waals surface area contributed by atoms with Gasteiger partial charge in [0.05, 0.1) is 18.7 Å². The van der Waals surface area contributed by atoms with Crippen LogP contribution in [0.2, 0.25) is 0 Å². The highest BCUT2D eigenvalue weighted by Gasteiger charge is 2.46. The van der Waals surface area contributed by atoms with Crippen molar-refractivity contribution >= 4 is 33.4 Å². The van der Waals surface area contributed by atoms with Crippen molar-refractivity contribution in [3.05, 3.63) is 28.7 Å². The molecule has 0 bridgehead atoms. The number of imide groups is 1. The lowest BCUT2D eigenvalue weighted by atomic mass is 10.1. The van der Waals surface area contributed by atoms with Crippen LogP contribution in [0.3, 0.4) is 0 Å². The van der Waals surface area contributed by atoms with Crippen molar-refractivity contribution in [1.82, 2.24) is 0 Å². The van der Waals surface area contributed by atoms with Crippen molar-refractivity contribution in [2.24, 2.45) is 0 Å². The summed E-state index contributed by atoms with van der Waals surface area (Å²) in [5.41, 5.74) is 0.679. The van der Waals surface area contributed by atoms with Crippen molar-refractivity contribution in [2.75, 3.05) is 37.6 Å². The third kappa shape index (κ3) is 2.95. The van der Waals surface area contributed by atoms with Crippen LogP contribution in [0, 0.1) is 0 Å². The quantitative estimate of drug-likeness (QED) is 0.665. The monoisotopic (exact) mass is 367 g/mol. The molecule has 0 unspecified atom stereocenters. The fourth-order valence-corrected chi connectivity index (χ4v) is 3.70. The van der Waals surface area contributed by atoms with Gasteiger partial charge >= 0.3 is 0 Å². The second kappa shape index (κ2) is 6.48. The first-order valence-electron chi connectivity index (χ1n) is 7.90. The van der Waals surface area contributed by atoms with E-state index in [0.29, 0.717) is 12.1 Å². The Morgan fingerprint density at radius 1 is 1.14 bits per heavy atom. The molecule has 5 nitrogen and oxygen atoms in total. The Labute approximate surface area is 139 Å². The average molecular weight is 368 g/mol. The summed E-state index contributed by atoms with van der Waals surface area (Å²) in [4.78, 5) is 29.3. The summed E-state index contributed by atoms with van der Waals surface area (Å²) in [7, 11) is 0. The molecule has 1 aromatic carbocycles. The summed E-state index contributed by atoms with van der Waals surface area (Å²) >= 11 is 3.38. The molecular formula is C16H22BrN3O2+2. The number of amides is 2. The molecule has 2 N–H and O–H groups in total. The zero-order valence-corrected chi connectivity index (χ0v) is 14.4. The molecule has 0 spiro atoms. The molecule has 0 aromatic heterocycles. The topological polar surface area (TPSA) is 46.3 Å². The highest BCUT2D eigenvalue weighted by molar-refractivity contribution is 9.10. The number of rotatable bonds is 3. The van der Waals surface area contributed by atoms with E-state index in [1.54, 1.807) is 4.90 Å². The number of carbonyl (C=O) groups excluding carboxylic acids is 2. The zero-order chi connectivity index (χ0) is 15.7. The molecular weight excluding hydrogens is 346 g/mol. The van der Waals surface area contributed by atoms with E-state index in [2.05, 4.69) is 22.9 Å². The number of piperazine rings is 1. The van der Waals surface area contributed by atoms with Crippen LogP contribution in [0.25, 0.3) is 0 Å². The van der Waals surface area contributed by atoms with Crippen molar-refractivity contribution in [3.63, 3.8) is 0 Å². The molecule has 3 rings (SSSR count). The zero-order valence-electron chi connectivity index (χ0n) is 12.8. The molecule has 2 aliphatic rings. The van der Waals surface area contributed by atoms with Crippen LogP contribution in [-0.4, -0.2) is 50.6 Å². The number of hydrogen-bond donors (Lipinski definition) is 2. The molecule has 0 radical (unpaired) electrons. The molecule has 2 fully saturated rings. The number of nitrogens with one attached hydrogen (secondary N) is 2. The number of quaternary nitrogens is 2. The molecule has 118 valence electrons. The van der Waals surface area contributed by atoms with Gasteiger partial charge in [0, 0.05) is 4.47 Å². The van der Waals surface area contributed by atoms with Gasteiger partial charge in [0.25, 0.3) is 5.91 Å². The smallest absolute Gasteiger partial charge is 0.292 e. The molecule has 0 saturated carbocycles. The van der Waals surface area contributed by atoms with Crippen molar-refractivity contribution < 1.29 is 19.4 Å². The number of hydrogen-bond acceptors (Lipinski definition) is 2. The number of nitrogens with zero attached hydrogens (tertiary/aromatic N) is 1. The SMILES string of the molecule is CC[NH+]1CC[NH+]([C@@H]2CC(=O)N(c3ccc(Br)cc3)C2=O)CC1. The summed E-state index contributed by atoms with van der Waals surface area (Å²) in [5, 5.41) is 0. The first-order chi connectivity index (χ1) is 10.6. The maximum absolute atomic E-state index is 12.7. The highest BCUT2D eigenvalue weighted by atomic mass is 79.9. The summed E-state index contributed by atoms with van der Waals surface area (Å²) in [6, 6.07) is 7.15. The number of carbonyl (C=O) groups is 2. The molecule has 2 saturated heterocycles. The lowest BCUT2D eigenvalue weighted by molar-refractivity contribution is -1.02. The van der Waals surface area contributed by atoms with Crippen LogP contribution in [-0.2, 0) is 9.59 Å². The largest absolute Gasteiger partial charge is 0.326 e. The Kier molecular flexibility index (Phi) is 4.61. The molecule has 2 heterocycles. The van der Waals surface area contributed by atoms with E-state index in [9.17, 15) is 9.59 Å². The minimum absolute atomic E-state index is 0.0396. The Morgan fingerprint density at radius 2 is 1.77 bits per heavy atom. The Balaban J connectivity index is 1.73. The van der Waals surface area contributed by atoms with Crippen LogP contribution in [0.4, 0.5) is 5.69 Å². The first-order valence-corrected chi connectivity index (χ1v) is 8.70. The predicted octanol–water partition coefficient (Wildman–Crippen LogP) is -1.12. The summed E-state index contributed by atoms with van der Waals surface area (Å²) < 4.78 is 0.941. The van der Waals surface area contributed by atoms with Gasteiger partial charge in [-0.2, -0.15) is 0 Å². The van der Waals surface area contributed by atoms with E-state index < -0.39 is 0 Å². The third-order valence-electron chi connectivity index (χ3n) is 4.82. The van der Waals surface area contributed by atoms with Crippen LogP contribution < -0.4 is 14.7 Å². The normalized spacial score (nSPS) is 29.2. The summed E-state index contributed by atoms with van der Waals surface area (Å²) in [5.74, 6) is -0.114. The lowest BCUT2D eigenvalue weighted by Gasteiger charge is -2.31. The van der Waals surface area contributed by atoms with Gasteiger partial charge in [-0.25, -0.2) is 4.90 Å². The maximum atomic E-state index is 12.7. The second-order valence-corrected chi connectivity index (χ2v) is 6.98. The average Bonchev–Trinajstić information content (AvgIpc) is 2.83. The summed E-state index contributed by atoms with van der Waals surface area (Å²) in [6.45, 7) is 7.45. The molecule has 2 aliphatic heterocycles. The van der Waals surface area contributed by atoms with E-state index in [0.717, 1.165) is 37.2 Å². The molecule has 1 atom stereocenters. The lowest BCUT2D eigenvalue weighted by Crippen LogP contribution is -3.29. The van der Waals surface area contributed by atoms with Crippen LogP contribution in [0.1, 0.15) is 13.3 Å². The van der Waals surface area contributed by atoms with Gasteiger partial charge in [0.15, 0.2) is 6.04 Å². The fourth-order valence-electron chi connectivity index (χ4n) is 3.44. The van der Waals surface area contributed by atoms with Crippen molar-refractivity contribution in [1.29, 1.82) is 0 Å². The number of halogens is 1. The van der Waals surface area contributed by atoms with Crippen LogP contribution >= 0.6 is 15.9 Å². The van der Waals surface area contributed by atoms with Gasteiger partial charge in [0.1, 0.15) is 26.2 Å². The maximum Gasteiger partial charge on any atom is 0.292 e. The Hall–Kier alpha value is -1.24. The van der Waals surface area contributed by atoms with Crippen molar-refractivity contribution in [3.8, 4) is 0 Å². The molecule has 22 heavy (non-hydrogen) atoms. The van der Waals surface area contributed by atoms with E-state index in [1.165, 1.54) is 9.80 Å².